The maximum atomic E-state index is 11.4. The van der Waals surface area contributed by atoms with Crippen LogP contribution in [0, 0.1) is 11.3 Å². The summed E-state index contributed by atoms with van der Waals surface area (Å²) in [7, 11) is -3.49. The molecule has 1 N–H and O–H groups in total. The molecule has 4 nitrogen and oxygen atoms in total. The highest BCUT2D eigenvalue weighted by Gasteiger charge is 2.44. The van der Waals surface area contributed by atoms with Gasteiger partial charge in [-0.05, 0) is 30.6 Å². The van der Waals surface area contributed by atoms with E-state index in [0.717, 1.165) is 19.3 Å². The van der Waals surface area contributed by atoms with Gasteiger partial charge in [-0.2, -0.15) is 13.1 Å². The molecule has 88 valence electrons. The van der Waals surface area contributed by atoms with Gasteiger partial charge in [0.1, 0.15) is 0 Å². The number of rotatable bonds is 0. The summed E-state index contributed by atoms with van der Waals surface area (Å²) in [6, 6.07) is 0.0579. The summed E-state index contributed by atoms with van der Waals surface area (Å²) >= 11 is 0. The second-order valence-corrected chi connectivity index (χ2v) is 7.02. The first-order valence-corrected chi connectivity index (χ1v) is 6.89. The van der Waals surface area contributed by atoms with Crippen LogP contribution in [0.2, 0.25) is 0 Å². The van der Waals surface area contributed by atoms with Gasteiger partial charge in [-0.1, -0.05) is 20.8 Å². The maximum absolute atomic E-state index is 11.4. The normalized spacial score (nSPS) is 40.1. The topological polar surface area (TPSA) is 55.4 Å². The third-order valence-electron chi connectivity index (χ3n) is 3.47. The van der Waals surface area contributed by atoms with Gasteiger partial charge in [0, 0.05) is 6.04 Å². The van der Waals surface area contributed by atoms with Crippen molar-refractivity contribution in [2.45, 2.75) is 52.2 Å². The van der Waals surface area contributed by atoms with Gasteiger partial charge >= 0.3 is 10.3 Å². The quantitative estimate of drug-likeness (QED) is 0.688. The lowest BCUT2D eigenvalue weighted by Crippen LogP contribution is -2.55. The standard InChI is InChI=1S/C10H19NO3S/c1-10(2,3)8-5-4-7-6-9(8)11-15(12,13)14-7/h7-9,11H,4-6H2,1-3H3/t7-,8+,9?/m0/s1. The minimum absolute atomic E-state index is 0.0579. The molecule has 1 heterocycles. The van der Waals surface area contributed by atoms with E-state index in [2.05, 4.69) is 25.5 Å². The van der Waals surface area contributed by atoms with E-state index < -0.39 is 10.3 Å². The smallest absolute Gasteiger partial charge is 0.255 e. The summed E-state index contributed by atoms with van der Waals surface area (Å²) in [5.74, 6) is 0.410. The van der Waals surface area contributed by atoms with Gasteiger partial charge in [0.25, 0.3) is 0 Å². The Morgan fingerprint density at radius 3 is 2.53 bits per heavy atom. The van der Waals surface area contributed by atoms with Gasteiger partial charge in [-0.15, -0.1) is 0 Å². The molecule has 1 aliphatic carbocycles. The minimum atomic E-state index is -3.49. The van der Waals surface area contributed by atoms with Crippen LogP contribution in [0.4, 0.5) is 0 Å². The first-order chi connectivity index (χ1) is 6.78. The first kappa shape index (κ1) is 11.4. The molecule has 0 aromatic heterocycles. The predicted octanol–water partition coefficient (Wildman–Crippen LogP) is 1.43. The van der Waals surface area contributed by atoms with Crippen molar-refractivity contribution in [3.05, 3.63) is 0 Å². The molecule has 2 rings (SSSR count). The van der Waals surface area contributed by atoms with Crippen molar-refractivity contribution >= 4 is 10.3 Å². The van der Waals surface area contributed by atoms with Crippen LogP contribution in [-0.4, -0.2) is 20.6 Å². The molecular weight excluding hydrogens is 214 g/mol. The van der Waals surface area contributed by atoms with Gasteiger partial charge < -0.3 is 0 Å². The lowest BCUT2D eigenvalue weighted by molar-refractivity contribution is 0.0446. The number of hydrogen-bond donors (Lipinski definition) is 1. The highest BCUT2D eigenvalue weighted by molar-refractivity contribution is 7.84. The zero-order chi connectivity index (χ0) is 11.3. The Morgan fingerprint density at radius 2 is 1.93 bits per heavy atom. The van der Waals surface area contributed by atoms with Crippen LogP contribution in [-0.2, 0) is 14.5 Å². The highest BCUT2D eigenvalue weighted by Crippen LogP contribution is 2.41. The molecule has 2 bridgehead atoms. The third-order valence-corrected chi connectivity index (χ3v) is 4.59. The Morgan fingerprint density at radius 1 is 1.27 bits per heavy atom. The average molecular weight is 233 g/mol. The van der Waals surface area contributed by atoms with E-state index >= 15 is 0 Å². The van der Waals surface area contributed by atoms with E-state index in [1.165, 1.54) is 0 Å². The second-order valence-electron chi connectivity index (χ2n) is 5.68. The van der Waals surface area contributed by atoms with E-state index in [0.29, 0.717) is 5.92 Å². The van der Waals surface area contributed by atoms with Crippen LogP contribution in [0.3, 0.4) is 0 Å². The molecule has 3 atom stereocenters. The molecule has 5 heteroatoms. The van der Waals surface area contributed by atoms with Crippen LogP contribution in [0.5, 0.6) is 0 Å². The Labute approximate surface area is 91.6 Å². The zero-order valence-corrected chi connectivity index (χ0v) is 10.3. The van der Waals surface area contributed by atoms with E-state index in [4.69, 9.17) is 4.18 Å². The molecule has 2 fully saturated rings. The molecule has 0 radical (unpaired) electrons. The van der Waals surface area contributed by atoms with Crippen LogP contribution >= 0.6 is 0 Å². The molecule has 1 aliphatic heterocycles. The van der Waals surface area contributed by atoms with Gasteiger partial charge in [-0.25, -0.2) is 0 Å². The Kier molecular flexibility index (Phi) is 2.60. The van der Waals surface area contributed by atoms with Crippen molar-refractivity contribution in [3.8, 4) is 0 Å². The third kappa shape index (κ3) is 2.34. The fourth-order valence-electron chi connectivity index (χ4n) is 2.78. The molecule has 2 aliphatic rings. The summed E-state index contributed by atoms with van der Waals surface area (Å²) in [5, 5.41) is 0. The Bertz CT molecular complexity index is 344. The van der Waals surface area contributed by atoms with Crippen LogP contribution < -0.4 is 4.72 Å². The summed E-state index contributed by atoms with van der Waals surface area (Å²) in [5.41, 5.74) is 0.148. The van der Waals surface area contributed by atoms with Crippen molar-refractivity contribution in [1.82, 2.24) is 4.72 Å². The zero-order valence-electron chi connectivity index (χ0n) is 9.49. The number of nitrogens with one attached hydrogen (secondary N) is 1. The fraction of sp³-hybridized carbons (Fsp3) is 1.00. The van der Waals surface area contributed by atoms with Gasteiger partial charge in [0.15, 0.2) is 0 Å². The monoisotopic (exact) mass is 233 g/mol. The largest absolute Gasteiger partial charge is 0.336 e. The Hall–Kier alpha value is -0.130. The second kappa shape index (κ2) is 3.43. The fourth-order valence-corrected chi connectivity index (χ4v) is 4.00. The van der Waals surface area contributed by atoms with Crippen molar-refractivity contribution in [3.63, 3.8) is 0 Å². The minimum Gasteiger partial charge on any atom is -0.255 e. The van der Waals surface area contributed by atoms with E-state index in [1.54, 1.807) is 0 Å². The van der Waals surface area contributed by atoms with Crippen molar-refractivity contribution < 1.29 is 12.6 Å². The number of hydrogen-bond acceptors (Lipinski definition) is 3. The van der Waals surface area contributed by atoms with E-state index in [-0.39, 0.29) is 17.6 Å². The molecular formula is C10H19NO3S. The summed E-state index contributed by atoms with van der Waals surface area (Å²) < 4.78 is 30.4. The molecule has 1 saturated heterocycles. The molecule has 0 amide bonds. The van der Waals surface area contributed by atoms with E-state index in [9.17, 15) is 8.42 Å². The molecule has 1 unspecified atom stereocenters. The van der Waals surface area contributed by atoms with Crippen LogP contribution in [0.15, 0.2) is 0 Å². The van der Waals surface area contributed by atoms with Crippen molar-refractivity contribution in [2.24, 2.45) is 11.3 Å². The average Bonchev–Trinajstić information content (AvgIpc) is 1.97. The molecule has 1 saturated carbocycles. The predicted molar refractivity (Wildman–Crippen MR) is 57.5 cm³/mol. The SMILES string of the molecule is CC(C)(C)[C@@H]1CC[C@H]2CC1NS(=O)(=O)O2. The lowest BCUT2D eigenvalue weighted by atomic mass is 9.69. The van der Waals surface area contributed by atoms with Crippen LogP contribution in [0.1, 0.15) is 40.0 Å². The molecule has 0 aromatic rings. The maximum Gasteiger partial charge on any atom is 0.336 e. The van der Waals surface area contributed by atoms with Crippen LogP contribution in [0.25, 0.3) is 0 Å². The first-order valence-electron chi connectivity index (χ1n) is 5.48. The van der Waals surface area contributed by atoms with Gasteiger partial charge in [0.05, 0.1) is 6.10 Å². The number of fused-ring (bicyclic) bond motifs is 2. The Balaban J connectivity index is 2.20. The molecule has 15 heavy (non-hydrogen) atoms. The van der Waals surface area contributed by atoms with Crippen molar-refractivity contribution in [1.29, 1.82) is 0 Å². The van der Waals surface area contributed by atoms with E-state index in [1.807, 2.05) is 0 Å². The molecule has 0 aromatic carbocycles. The van der Waals surface area contributed by atoms with Gasteiger partial charge in [0.2, 0.25) is 0 Å². The lowest BCUT2D eigenvalue weighted by Gasteiger charge is -2.45. The summed E-state index contributed by atoms with van der Waals surface area (Å²) in [6.45, 7) is 6.51. The van der Waals surface area contributed by atoms with Gasteiger partial charge in [-0.3, -0.25) is 4.18 Å². The highest BCUT2D eigenvalue weighted by atomic mass is 32.2. The summed E-state index contributed by atoms with van der Waals surface area (Å²) in [6.07, 6.45) is 2.63. The molecule has 0 spiro atoms. The van der Waals surface area contributed by atoms with Crippen molar-refractivity contribution in [2.75, 3.05) is 0 Å². The summed E-state index contributed by atoms with van der Waals surface area (Å²) in [4.78, 5) is 0.